The average molecular weight is 262 g/mol. The summed E-state index contributed by atoms with van der Waals surface area (Å²) in [7, 11) is 1.73. The van der Waals surface area contributed by atoms with Gasteiger partial charge >= 0.3 is 0 Å². The number of aryl methyl sites for hydroxylation is 1. The third-order valence-corrected chi connectivity index (χ3v) is 3.95. The van der Waals surface area contributed by atoms with E-state index in [0.29, 0.717) is 6.04 Å². The minimum atomic E-state index is 0.680. The van der Waals surface area contributed by atoms with E-state index >= 15 is 0 Å². The van der Waals surface area contributed by atoms with Gasteiger partial charge in [-0.15, -0.1) is 0 Å². The van der Waals surface area contributed by atoms with Crippen LogP contribution in [-0.2, 0) is 6.54 Å². The summed E-state index contributed by atoms with van der Waals surface area (Å²) in [5.41, 5.74) is 2.59. The lowest BCUT2D eigenvalue weighted by atomic mass is 10.1. The number of ether oxygens (including phenoxy) is 1. The maximum atomic E-state index is 5.32. The standard InChI is InChI=1S/C16H26N2O/c1-4-18(12-15-6-5-9-17-15)11-14-7-8-16(19-3)13(2)10-14/h7-8,10,15,17H,4-6,9,11-12H2,1-3H3. The molecule has 106 valence electrons. The molecule has 1 aromatic carbocycles. The van der Waals surface area contributed by atoms with E-state index in [9.17, 15) is 0 Å². The number of nitrogens with one attached hydrogen (secondary N) is 1. The highest BCUT2D eigenvalue weighted by Crippen LogP contribution is 2.19. The highest BCUT2D eigenvalue weighted by molar-refractivity contribution is 5.36. The number of nitrogens with zero attached hydrogens (tertiary/aromatic N) is 1. The number of benzene rings is 1. The monoisotopic (exact) mass is 262 g/mol. The van der Waals surface area contributed by atoms with Gasteiger partial charge in [-0.05, 0) is 50.0 Å². The largest absolute Gasteiger partial charge is 0.496 e. The fraction of sp³-hybridized carbons (Fsp3) is 0.625. The number of hydrogen-bond donors (Lipinski definition) is 1. The van der Waals surface area contributed by atoms with Gasteiger partial charge in [-0.2, -0.15) is 0 Å². The summed E-state index contributed by atoms with van der Waals surface area (Å²) < 4.78 is 5.32. The van der Waals surface area contributed by atoms with Crippen LogP contribution in [0.1, 0.15) is 30.9 Å². The maximum Gasteiger partial charge on any atom is 0.121 e. The number of likely N-dealkylation sites (N-methyl/N-ethyl adjacent to an activating group) is 1. The lowest BCUT2D eigenvalue weighted by Crippen LogP contribution is -2.37. The van der Waals surface area contributed by atoms with E-state index < -0.39 is 0 Å². The van der Waals surface area contributed by atoms with Crippen molar-refractivity contribution in [1.82, 2.24) is 10.2 Å². The van der Waals surface area contributed by atoms with Crippen LogP contribution >= 0.6 is 0 Å². The first-order valence-electron chi connectivity index (χ1n) is 7.32. The minimum absolute atomic E-state index is 0.680. The molecule has 1 saturated heterocycles. The Balaban J connectivity index is 1.95. The lowest BCUT2D eigenvalue weighted by Gasteiger charge is -2.24. The van der Waals surface area contributed by atoms with Gasteiger partial charge in [-0.1, -0.05) is 19.1 Å². The smallest absolute Gasteiger partial charge is 0.121 e. The molecule has 2 rings (SSSR count). The predicted molar refractivity (Wildman–Crippen MR) is 79.7 cm³/mol. The molecule has 19 heavy (non-hydrogen) atoms. The van der Waals surface area contributed by atoms with Gasteiger partial charge in [0.15, 0.2) is 0 Å². The second-order valence-corrected chi connectivity index (χ2v) is 5.42. The maximum absolute atomic E-state index is 5.32. The highest BCUT2D eigenvalue weighted by Gasteiger charge is 2.17. The first kappa shape index (κ1) is 14.4. The van der Waals surface area contributed by atoms with Crippen LogP contribution in [0, 0.1) is 6.92 Å². The Labute approximate surface area is 116 Å². The van der Waals surface area contributed by atoms with Gasteiger partial charge in [0.25, 0.3) is 0 Å². The first-order valence-corrected chi connectivity index (χ1v) is 7.32. The van der Waals surface area contributed by atoms with Crippen molar-refractivity contribution in [3.8, 4) is 5.75 Å². The second-order valence-electron chi connectivity index (χ2n) is 5.42. The molecular weight excluding hydrogens is 236 g/mol. The number of hydrogen-bond acceptors (Lipinski definition) is 3. The molecule has 3 nitrogen and oxygen atoms in total. The topological polar surface area (TPSA) is 24.5 Å². The first-order chi connectivity index (χ1) is 9.22. The summed E-state index contributed by atoms with van der Waals surface area (Å²) in [5.74, 6) is 0.976. The van der Waals surface area contributed by atoms with E-state index in [1.807, 2.05) is 0 Å². The normalized spacial score (nSPS) is 19.1. The van der Waals surface area contributed by atoms with Crippen LogP contribution in [0.2, 0.25) is 0 Å². The summed E-state index contributed by atoms with van der Waals surface area (Å²) in [4.78, 5) is 2.52. The second kappa shape index (κ2) is 6.92. The van der Waals surface area contributed by atoms with Crippen molar-refractivity contribution < 1.29 is 4.74 Å². The molecule has 1 fully saturated rings. The van der Waals surface area contributed by atoms with Gasteiger partial charge in [0.1, 0.15) is 5.75 Å². The zero-order valence-electron chi connectivity index (χ0n) is 12.4. The molecule has 1 unspecified atom stereocenters. The minimum Gasteiger partial charge on any atom is -0.496 e. The van der Waals surface area contributed by atoms with Crippen LogP contribution in [0.15, 0.2) is 18.2 Å². The van der Waals surface area contributed by atoms with Crippen molar-refractivity contribution in [2.75, 3.05) is 26.7 Å². The Morgan fingerprint density at radius 1 is 1.42 bits per heavy atom. The van der Waals surface area contributed by atoms with Gasteiger partial charge in [-0.3, -0.25) is 4.90 Å². The highest BCUT2D eigenvalue weighted by atomic mass is 16.5. The van der Waals surface area contributed by atoms with Crippen LogP contribution in [0.3, 0.4) is 0 Å². The van der Waals surface area contributed by atoms with Crippen LogP contribution in [0.4, 0.5) is 0 Å². The molecular formula is C16H26N2O. The van der Waals surface area contributed by atoms with Gasteiger partial charge < -0.3 is 10.1 Å². The molecule has 0 spiro atoms. The molecule has 3 heteroatoms. The molecule has 0 radical (unpaired) electrons. The van der Waals surface area contributed by atoms with E-state index in [4.69, 9.17) is 4.74 Å². The van der Waals surface area contributed by atoms with Crippen molar-refractivity contribution in [2.24, 2.45) is 0 Å². The Morgan fingerprint density at radius 3 is 2.84 bits per heavy atom. The number of rotatable bonds is 6. The average Bonchev–Trinajstić information content (AvgIpc) is 2.91. The molecule has 0 amide bonds. The summed E-state index contributed by atoms with van der Waals surface area (Å²) >= 11 is 0. The van der Waals surface area contributed by atoms with E-state index in [1.165, 1.54) is 30.5 Å². The molecule has 0 saturated carbocycles. The van der Waals surface area contributed by atoms with Crippen molar-refractivity contribution in [2.45, 2.75) is 39.3 Å². The molecule has 1 aliphatic rings. The Morgan fingerprint density at radius 2 is 2.26 bits per heavy atom. The Hall–Kier alpha value is -1.06. The number of methoxy groups -OCH3 is 1. The molecule has 1 heterocycles. The fourth-order valence-electron chi connectivity index (χ4n) is 2.83. The Bertz CT molecular complexity index is 400. The summed E-state index contributed by atoms with van der Waals surface area (Å²) in [6, 6.07) is 7.17. The molecule has 1 atom stereocenters. The van der Waals surface area contributed by atoms with Crippen LogP contribution in [-0.4, -0.2) is 37.7 Å². The van der Waals surface area contributed by atoms with Crippen molar-refractivity contribution in [3.05, 3.63) is 29.3 Å². The molecule has 1 N–H and O–H groups in total. The van der Waals surface area contributed by atoms with Gasteiger partial charge in [-0.25, -0.2) is 0 Å². The molecule has 1 aliphatic heterocycles. The quantitative estimate of drug-likeness (QED) is 0.853. The Kier molecular flexibility index (Phi) is 5.23. The SMILES string of the molecule is CCN(Cc1ccc(OC)c(C)c1)CC1CCCN1. The van der Waals surface area contributed by atoms with E-state index in [0.717, 1.165) is 25.4 Å². The van der Waals surface area contributed by atoms with E-state index in [2.05, 4.69) is 42.3 Å². The van der Waals surface area contributed by atoms with Gasteiger partial charge in [0.2, 0.25) is 0 Å². The molecule has 0 aromatic heterocycles. The predicted octanol–water partition coefficient (Wildman–Crippen LogP) is 2.58. The van der Waals surface area contributed by atoms with Crippen LogP contribution < -0.4 is 10.1 Å². The van der Waals surface area contributed by atoms with Crippen LogP contribution in [0.25, 0.3) is 0 Å². The van der Waals surface area contributed by atoms with Gasteiger partial charge in [0, 0.05) is 19.1 Å². The molecule has 1 aromatic rings. The zero-order valence-corrected chi connectivity index (χ0v) is 12.4. The zero-order chi connectivity index (χ0) is 13.7. The summed E-state index contributed by atoms with van der Waals surface area (Å²) in [5, 5.41) is 3.58. The fourth-order valence-corrected chi connectivity index (χ4v) is 2.83. The lowest BCUT2D eigenvalue weighted by molar-refractivity contribution is 0.253. The molecule has 0 bridgehead atoms. The van der Waals surface area contributed by atoms with E-state index in [-0.39, 0.29) is 0 Å². The summed E-state index contributed by atoms with van der Waals surface area (Å²) in [6.45, 7) is 8.82. The van der Waals surface area contributed by atoms with Crippen LogP contribution in [0.5, 0.6) is 5.75 Å². The van der Waals surface area contributed by atoms with Crippen molar-refractivity contribution in [3.63, 3.8) is 0 Å². The van der Waals surface area contributed by atoms with Gasteiger partial charge in [0.05, 0.1) is 7.11 Å². The third kappa shape index (κ3) is 3.95. The molecule has 0 aliphatic carbocycles. The van der Waals surface area contributed by atoms with E-state index in [1.54, 1.807) is 7.11 Å². The summed E-state index contributed by atoms with van der Waals surface area (Å²) in [6.07, 6.45) is 2.64. The van der Waals surface area contributed by atoms with Crippen molar-refractivity contribution >= 4 is 0 Å². The van der Waals surface area contributed by atoms with Crippen molar-refractivity contribution in [1.29, 1.82) is 0 Å². The third-order valence-electron chi connectivity index (χ3n) is 3.95.